The van der Waals surface area contributed by atoms with Gasteiger partial charge in [0, 0.05) is 6.42 Å². The van der Waals surface area contributed by atoms with E-state index in [0.717, 1.165) is 5.56 Å². The van der Waals surface area contributed by atoms with Crippen molar-refractivity contribution in [3.63, 3.8) is 0 Å². The van der Waals surface area contributed by atoms with Gasteiger partial charge < -0.3 is 15.2 Å². The van der Waals surface area contributed by atoms with Gasteiger partial charge in [-0.2, -0.15) is 0 Å². The van der Waals surface area contributed by atoms with Crippen molar-refractivity contribution in [2.45, 2.75) is 44.6 Å². The first-order chi connectivity index (χ1) is 12.7. The molecule has 0 aliphatic carbocycles. The quantitative estimate of drug-likeness (QED) is 0.741. The van der Waals surface area contributed by atoms with Crippen molar-refractivity contribution in [2.24, 2.45) is 0 Å². The maximum absolute atomic E-state index is 12.8. The molecule has 2 N–H and O–H groups in total. The van der Waals surface area contributed by atoms with Gasteiger partial charge in [-0.25, -0.2) is 0 Å². The number of methoxy groups -OCH3 is 1. The van der Waals surface area contributed by atoms with Crippen LogP contribution in [-0.2, 0) is 20.5 Å². The SMILES string of the molecule is COc1cccc(C(C)(CC(=O)O)NC(=O)CC(C)(C)c2ccccc2)c1. The van der Waals surface area contributed by atoms with Crippen molar-refractivity contribution in [3.05, 3.63) is 65.7 Å². The van der Waals surface area contributed by atoms with Crippen LogP contribution in [0.15, 0.2) is 54.6 Å². The number of carboxylic acid groups (broad SMARTS) is 1. The van der Waals surface area contributed by atoms with Crippen LogP contribution in [0.2, 0.25) is 0 Å². The Labute approximate surface area is 160 Å². The van der Waals surface area contributed by atoms with Crippen LogP contribution in [0.1, 0.15) is 44.7 Å². The minimum Gasteiger partial charge on any atom is -0.497 e. The Hall–Kier alpha value is -2.82. The van der Waals surface area contributed by atoms with Gasteiger partial charge in [-0.05, 0) is 35.6 Å². The summed E-state index contributed by atoms with van der Waals surface area (Å²) in [6.07, 6.45) is 0.0217. The highest BCUT2D eigenvalue weighted by Gasteiger charge is 2.34. The third-order valence-electron chi connectivity index (χ3n) is 4.78. The summed E-state index contributed by atoms with van der Waals surface area (Å²) in [5, 5.41) is 12.3. The number of carboxylic acids is 1. The summed E-state index contributed by atoms with van der Waals surface area (Å²) in [5.74, 6) is -0.568. The first-order valence-corrected chi connectivity index (χ1v) is 8.89. The van der Waals surface area contributed by atoms with Gasteiger partial charge >= 0.3 is 5.97 Å². The number of hydrogen-bond donors (Lipinski definition) is 2. The van der Waals surface area contributed by atoms with Gasteiger partial charge in [0.05, 0.1) is 19.1 Å². The van der Waals surface area contributed by atoms with Crippen molar-refractivity contribution < 1.29 is 19.4 Å². The molecule has 1 amide bonds. The zero-order valence-electron chi connectivity index (χ0n) is 16.3. The lowest BCUT2D eigenvalue weighted by Crippen LogP contribution is -2.46. The molecule has 5 heteroatoms. The zero-order chi connectivity index (χ0) is 20.1. The van der Waals surface area contributed by atoms with Crippen LogP contribution in [0.25, 0.3) is 0 Å². The number of rotatable bonds is 8. The molecule has 5 nitrogen and oxygen atoms in total. The highest BCUT2D eigenvalue weighted by molar-refractivity contribution is 5.80. The fraction of sp³-hybridized carbons (Fsp3) is 0.364. The van der Waals surface area contributed by atoms with Gasteiger partial charge in [0.2, 0.25) is 5.91 Å². The number of nitrogens with one attached hydrogen (secondary N) is 1. The summed E-state index contributed by atoms with van der Waals surface area (Å²) in [4.78, 5) is 24.3. The maximum Gasteiger partial charge on any atom is 0.306 e. The Kier molecular flexibility index (Phi) is 6.26. The van der Waals surface area contributed by atoms with Crippen LogP contribution in [-0.4, -0.2) is 24.1 Å². The summed E-state index contributed by atoms with van der Waals surface area (Å²) in [5.41, 5.74) is 0.338. The smallest absolute Gasteiger partial charge is 0.306 e. The molecule has 0 fully saturated rings. The Morgan fingerprint density at radius 3 is 2.19 bits per heavy atom. The van der Waals surface area contributed by atoms with E-state index in [-0.39, 0.29) is 24.2 Å². The molecule has 2 aromatic carbocycles. The summed E-state index contributed by atoms with van der Waals surface area (Å²) in [6, 6.07) is 16.9. The van der Waals surface area contributed by atoms with E-state index in [9.17, 15) is 14.7 Å². The zero-order valence-corrected chi connectivity index (χ0v) is 16.3. The number of carbonyl (C=O) groups is 2. The minimum absolute atomic E-state index is 0.199. The van der Waals surface area contributed by atoms with E-state index >= 15 is 0 Å². The van der Waals surface area contributed by atoms with E-state index in [1.807, 2.05) is 44.2 Å². The van der Waals surface area contributed by atoms with Gasteiger partial charge in [0.25, 0.3) is 0 Å². The number of amides is 1. The molecule has 0 spiro atoms. The second kappa shape index (κ2) is 8.25. The van der Waals surface area contributed by atoms with Crippen LogP contribution in [0.5, 0.6) is 5.75 Å². The Bertz CT molecular complexity index is 801. The predicted octanol–water partition coefficient (Wildman–Crippen LogP) is 3.87. The van der Waals surface area contributed by atoms with E-state index in [1.165, 1.54) is 0 Å². The number of hydrogen-bond acceptors (Lipinski definition) is 3. The summed E-state index contributed by atoms with van der Waals surface area (Å²) >= 11 is 0. The van der Waals surface area contributed by atoms with Crippen molar-refractivity contribution >= 4 is 11.9 Å². The normalized spacial score (nSPS) is 13.5. The summed E-state index contributed by atoms with van der Waals surface area (Å²) in [6.45, 7) is 5.73. The molecule has 1 atom stereocenters. The highest BCUT2D eigenvalue weighted by Crippen LogP contribution is 2.30. The minimum atomic E-state index is -1.04. The van der Waals surface area contributed by atoms with Gasteiger partial charge in [-0.15, -0.1) is 0 Å². The lowest BCUT2D eigenvalue weighted by atomic mass is 9.80. The second-order valence-electron chi connectivity index (χ2n) is 7.61. The lowest BCUT2D eigenvalue weighted by molar-refractivity contribution is -0.139. The molecule has 0 radical (unpaired) electrons. The molecular weight excluding hydrogens is 342 g/mol. The topological polar surface area (TPSA) is 75.6 Å². The molecule has 2 rings (SSSR count). The third-order valence-corrected chi connectivity index (χ3v) is 4.78. The molecule has 0 saturated carbocycles. The fourth-order valence-corrected chi connectivity index (χ4v) is 3.23. The van der Waals surface area contributed by atoms with Crippen LogP contribution in [0.3, 0.4) is 0 Å². The molecule has 0 aromatic heterocycles. The van der Waals surface area contributed by atoms with Crippen molar-refractivity contribution in [1.82, 2.24) is 5.32 Å². The van der Waals surface area contributed by atoms with E-state index in [0.29, 0.717) is 11.3 Å². The molecule has 0 saturated heterocycles. The molecule has 0 heterocycles. The van der Waals surface area contributed by atoms with Crippen LogP contribution < -0.4 is 10.1 Å². The Balaban J connectivity index is 2.24. The number of ether oxygens (including phenoxy) is 1. The van der Waals surface area contributed by atoms with Gasteiger partial charge in [-0.1, -0.05) is 56.3 Å². The predicted molar refractivity (Wildman–Crippen MR) is 105 cm³/mol. The molecule has 144 valence electrons. The summed E-state index contributed by atoms with van der Waals surface area (Å²) in [7, 11) is 1.55. The van der Waals surface area contributed by atoms with Crippen molar-refractivity contribution in [2.75, 3.05) is 7.11 Å². The molecule has 0 aliphatic rings. The number of carbonyl (C=O) groups excluding carboxylic acids is 1. The van der Waals surface area contributed by atoms with Gasteiger partial charge in [0.15, 0.2) is 0 Å². The van der Waals surface area contributed by atoms with Gasteiger partial charge in [-0.3, -0.25) is 9.59 Å². The highest BCUT2D eigenvalue weighted by atomic mass is 16.5. The fourth-order valence-electron chi connectivity index (χ4n) is 3.23. The first-order valence-electron chi connectivity index (χ1n) is 8.89. The lowest BCUT2D eigenvalue weighted by Gasteiger charge is -2.32. The van der Waals surface area contributed by atoms with Gasteiger partial charge in [0.1, 0.15) is 5.75 Å². The number of benzene rings is 2. The molecule has 0 bridgehead atoms. The summed E-state index contributed by atoms with van der Waals surface area (Å²) < 4.78 is 5.24. The molecule has 2 aromatic rings. The largest absolute Gasteiger partial charge is 0.497 e. The van der Waals surface area contributed by atoms with Crippen LogP contribution >= 0.6 is 0 Å². The molecule has 0 aliphatic heterocycles. The average molecular weight is 369 g/mol. The van der Waals surface area contributed by atoms with E-state index in [2.05, 4.69) is 5.32 Å². The molecule has 27 heavy (non-hydrogen) atoms. The van der Waals surface area contributed by atoms with Crippen LogP contribution in [0.4, 0.5) is 0 Å². The number of aliphatic carboxylic acids is 1. The van der Waals surface area contributed by atoms with Crippen molar-refractivity contribution in [3.8, 4) is 5.75 Å². The van der Waals surface area contributed by atoms with E-state index in [1.54, 1.807) is 38.3 Å². The molecule has 1 unspecified atom stereocenters. The van der Waals surface area contributed by atoms with Crippen LogP contribution in [0, 0.1) is 0 Å². The van der Waals surface area contributed by atoms with E-state index < -0.39 is 11.5 Å². The second-order valence-corrected chi connectivity index (χ2v) is 7.61. The van der Waals surface area contributed by atoms with Crippen molar-refractivity contribution in [1.29, 1.82) is 0 Å². The standard InChI is InChI=1S/C22H27NO4/c1-21(2,16-9-6-5-7-10-16)14-19(24)23-22(3,15-20(25)26)17-11-8-12-18(13-17)27-4/h5-13H,14-15H2,1-4H3,(H,23,24)(H,25,26). The Morgan fingerprint density at radius 2 is 1.59 bits per heavy atom. The average Bonchev–Trinajstić information content (AvgIpc) is 2.61. The third kappa shape index (κ3) is 5.33. The molecular formula is C22H27NO4. The van der Waals surface area contributed by atoms with E-state index in [4.69, 9.17) is 4.74 Å². The Morgan fingerprint density at radius 1 is 0.963 bits per heavy atom. The maximum atomic E-state index is 12.8. The monoisotopic (exact) mass is 369 g/mol. The first kappa shape index (κ1) is 20.5.